The van der Waals surface area contributed by atoms with E-state index in [9.17, 15) is 4.79 Å². The van der Waals surface area contributed by atoms with Gasteiger partial charge in [0.1, 0.15) is 12.4 Å². The standard InChI is InChI=1S/C21H31NO3Si/c1-21(2,3)26(5,6)22-18(15-20(22)23)9-7-8-14-25-16-17-10-12-19(24-4)13-11-17/h10-13,18H,9,14-16H2,1-6H3/t18-/m0/s1. The Balaban J connectivity index is 1.78. The van der Waals surface area contributed by atoms with E-state index in [1.807, 2.05) is 24.3 Å². The first-order valence-electron chi connectivity index (χ1n) is 9.15. The summed E-state index contributed by atoms with van der Waals surface area (Å²) in [6.45, 7) is 12.2. The van der Waals surface area contributed by atoms with Crippen molar-refractivity contribution < 1.29 is 14.3 Å². The minimum absolute atomic E-state index is 0.163. The van der Waals surface area contributed by atoms with Crippen molar-refractivity contribution in [2.45, 2.75) is 64.4 Å². The van der Waals surface area contributed by atoms with E-state index in [1.165, 1.54) is 0 Å². The summed E-state index contributed by atoms with van der Waals surface area (Å²) in [6.07, 6.45) is 1.37. The lowest BCUT2D eigenvalue weighted by molar-refractivity contribution is -0.138. The number of rotatable bonds is 6. The van der Waals surface area contributed by atoms with E-state index in [0.717, 1.165) is 17.7 Å². The fourth-order valence-corrected chi connectivity index (χ4v) is 5.49. The topological polar surface area (TPSA) is 38.8 Å². The highest BCUT2D eigenvalue weighted by atomic mass is 28.3. The lowest BCUT2D eigenvalue weighted by atomic mass is 10.0. The number of hydrogen-bond donors (Lipinski definition) is 0. The van der Waals surface area contributed by atoms with Crippen molar-refractivity contribution in [3.8, 4) is 17.6 Å². The summed E-state index contributed by atoms with van der Waals surface area (Å²) < 4.78 is 12.9. The summed E-state index contributed by atoms with van der Waals surface area (Å²) in [5, 5.41) is 0.163. The van der Waals surface area contributed by atoms with Crippen LogP contribution < -0.4 is 4.74 Å². The van der Waals surface area contributed by atoms with Crippen LogP contribution in [-0.4, -0.2) is 38.5 Å². The molecular weight excluding hydrogens is 342 g/mol. The molecule has 2 rings (SSSR count). The van der Waals surface area contributed by atoms with Gasteiger partial charge in [-0.05, 0) is 22.7 Å². The van der Waals surface area contributed by atoms with Gasteiger partial charge in [0, 0.05) is 18.9 Å². The molecule has 1 atom stereocenters. The van der Waals surface area contributed by atoms with Crippen LogP contribution in [0.4, 0.5) is 0 Å². The Hall–Kier alpha value is -1.77. The molecule has 1 aliphatic rings. The van der Waals surface area contributed by atoms with E-state index in [0.29, 0.717) is 25.5 Å². The zero-order valence-corrected chi connectivity index (χ0v) is 17.9. The number of methoxy groups -OCH3 is 1. The first-order valence-corrected chi connectivity index (χ1v) is 12.1. The molecule has 1 saturated heterocycles. The Morgan fingerprint density at radius 3 is 2.38 bits per heavy atom. The second kappa shape index (κ2) is 8.28. The lowest BCUT2D eigenvalue weighted by Crippen LogP contribution is -2.67. The van der Waals surface area contributed by atoms with E-state index in [2.05, 4.69) is 50.3 Å². The SMILES string of the molecule is COc1ccc(COCC#CC[C@H]2CC(=O)N2[Si](C)(C)C(C)(C)C)cc1. The van der Waals surface area contributed by atoms with Gasteiger partial charge in [0.05, 0.1) is 13.7 Å². The van der Waals surface area contributed by atoms with Crippen LogP contribution in [0, 0.1) is 11.8 Å². The molecule has 0 unspecified atom stereocenters. The molecule has 4 nitrogen and oxygen atoms in total. The largest absolute Gasteiger partial charge is 0.497 e. The van der Waals surface area contributed by atoms with E-state index in [4.69, 9.17) is 9.47 Å². The van der Waals surface area contributed by atoms with Crippen LogP contribution in [0.25, 0.3) is 0 Å². The Morgan fingerprint density at radius 1 is 1.19 bits per heavy atom. The first kappa shape index (κ1) is 20.5. The monoisotopic (exact) mass is 373 g/mol. The highest BCUT2D eigenvalue weighted by Crippen LogP contribution is 2.43. The molecule has 1 aromatic carbocycles. The number of benzene rings is 1. The second-order valence-corrected chi connectivity index (χ2v) is 13.4. The Bertz CT molecular complexity index is 680. The molecule has 0 aromatic heterocycles. The minimum Gasteiger partial charge on any atom is -0.497 e. The number of β-lactam (4-membered cyclic amide) rings is 1. The molecule has 1 aromatic rings. The van der Waals surface area contributed by atoms with Gasteiger partial charge in [0.25, 0.3) is 0 Å². The van der Waals surface area contributed by atoms with Crippen LogP contribution in [-0.2, 0) is 16.1 Å². The predicted molar refractivity (Wildman–Crippen MR) is 107 cm³/mol. The molecule has 0 saturated carbocycles. The van der Waals surface area contributed by atoms with Crippen molar-refractivity contribution in [2.24, 2.45) is 0 Å². The highest BCUT2D eigenvalue weighted by molar-refractivity contribution is 6.79. The van der Waals surface area contributed by atoms with E-state index in [1.54, 1.807) is 7.11 Å². The molecule has 0 N–H and O–H groups in total. The van der Waals surface area contributed by atoms with Gasteiger partial charge in [-0.15, -0.1) is 0 Å². The fraction of sp³-hybridized carbons (Fsp3) is 0.571. The van der Waals surface area contributed by atoms with E-state index >= 15 is 0 Å². The third kappa shape index (κ3) is 4.69. The van der Waals surface area contributed by atoms with Crippen molar-refractivity contribution in [3.05, 3.63) is 29.8 Å². The summed E-state index contributed by atoms with van der Waals surface area (Å²) in [5.74, 6) is 7.42. The Labute approximate surface area is 159 Å². The summed E-state index contributed by atoms with van der Waals surface area (Å²) in [4.78, 5) is 12.2. The number of hydrogen-bond acceptors (Lipinski definition) is 3. The number of carbonyl (C=O) groups excluding carboxylic acids is 1. The van der Waals surface area contributed by atoms with Crippen molar-refractivity contribution in [1.29, 1.82) is 0 Å². The number of nitrogens with zero attached hydrogens (tertiary/aromatic N) is 1. The third-order valence-electron chi connectivity index (χ3n) is 5.55. The third-order valence-corrected chi connectivity index (χ3v) is 11.0. The number of carbonyl (C=O) groups is 1. The van der Waals surface area contributed by atoms with Gasteiger partial charge in [-0.25, -0.2) is 0 Å². The number of ether oxygens (including phenoxy) is 2. The molecule has 1 heterocycles. The van der Waals surface area contributed by atoms with Crippen molar-refractivity contribution in [1.82, 2.24) is 4.57 Å². The molecule has 0 aliphatic carbocycles. The fourth-order valence-electron chi connectivity index (χ4n) is 2.96. The molecule has 0 radical (unpaired) electrons. The zero-order chi connectivity index (χ0) is 19.4. The highest BCUT2D eigenvalue weighted by Gasteiger charge is 2.51. The number of amides is 1. The van der Waals surface area contributed by atoms with Crippen LogP contribution >= 0.6 is 0 Å². The van der Waals surface area contributed by atoms with Crippen molar-refractivity contribution >= 4 is 14.1 Å². The molecule has 0 spiro atoms. The van der Waals surface area contributed by atoms with E-state index in [-0.39, 0.29) is 11.1 Å². The first-order chi connectivity index (χ1) is 12.2. The van der Waals surface area contributed by atoms with Crippen molar-refractivity contribution in [3.63, 3.8) is 0 Å². The van der Waals surface area contributed by atoms with Crippen molar-refractivity contribution in [2.75, 3.05) is 13.7 Å². The summed E-state index contributed by atoms with van der Waals surface area (Å²) >= 11 is 0. The molecule has 1 fully saturated rings. The molecule has 26 heavy (non-hydrogen) atoms. The molecule has 142 valence electrons. The van der Waals surface area contributed by atoms with E-state index < -0.39 is 8.24 Å². The van der Waals surface area contributed by atoms with Gasteiger partial charge in [-0.1, -0.05) is 57.8 Å². The van der Waals surface area contributed by atoms with Gasteiger partial charge >= 0.3 is 0 Å². The quantitative estimate of drug-likeness (QED) is 0.324. The molecule has 0 bridgehead atoms. The molecule has 1 aliphatic heterocycles. The van der Waals surface area contributed by atoms with Crippen LogP contribution in [0.5, 0.6) is 5.75 Å². The van der Waals surface area contributed by atoms with Crippen LogP contribution in [0.3, 0.4) is 0 Å². The summed E-state index contributed by atoms with van der Waals surface area (Å²) in [6, 6.07) is 8.10. The van der Waals surface area contributed by atoms with Crippen LogP contribution in [0.1, 0.15) is 39.2 Å². The Morgan fingerprint density at radius 2 is 1.85 bits per heavy atom. The van der Waals surface area contributed by atoms with Crippen LogP contribution in [0.15, 0.2) is 24.3 Å². The van der Waals surface area contributed by atoms with Gasteiger partial charge < -0.3 is 14.0 Å². The average Bonchev–Trinajstić information content (AvgIpc) is 2.55. The normalized spacial score (nSPS) is 17.4. The Kier molecular flexibility index (Phi) is 6.54. The predicted octanol–water partition coefficient (Wildman–Crippen LogP) is 4.21. The van der Waals surface area contributed by atoms with Gasteiger partial charge in [0.15, 0.2) is 8.24 Å². The van der Waals surface area contributed by atoms with Gasteiger partial charge in [0.2, 0.25) is 5.91 Å². The lowest BCUT2D eigenvalue weighted by Gasteiger charge is -2.54. The maximum atomic E-state index is 12.2. The maximum Gasteiger partial charge on any atom is 0.217 e. The zero-order valence-electron chi connectivity index (χ0n) is 16.9. The van der Waals surface area contributed by atoms with Gasteiger partial charge in [-0.2, -0.15) is 0 Å². The minimum atomic E-state index is -1.80. The maximum absolute atomic E-state index is 12.2. The summed E-state index contributed by atoms with van der Waals surface area (Å²) in [7, 11) is -0.145. The smallest absolute Gasteiger partial charge is 0.217 e. The summed E-state index contributed by atoms with van der Waals surface area (Å²) in [5.41, 5.74) is 1.10. The molecular formula is C21H31NO3Si. The molecule has 1 amide bonds. The van der Waals surface area contributed by atoms with Crippen LogP contribution in [0.2, 0.25) is 18.1 Å². The van der Waals surface area contributed by atoms with Gasteiger partial charge in [-0.3, -0.25) is 4.79 Å². The molecule has 5 heteroatoms. The average molecular weight is 374 g/mol. The second-order valence-electron chi connectivity index (χ2n) is 8.33.